The summed E-state index contributed by atoms with van der Waals surface area (Å²) in [4.78, 5) is 0.381. The lowest BCUT2D eigenvalue weighted by Gasteiger charge is -2.10. The van der Waals surface area contributed by atoms with Gasteiger partial charge in [-0.15, -0.1) is 0 Å². The van der Waals surface area contributed by atoms with Crippen molar-refractivity contribution in [3.05, 3.63) is 47.8 Å². The number of nitrogens with zero attached hydrogens (tertiary/aromatic N) is 2. The van der Waals surface area contributed by atoms with Crippen molar-refractivity contribution in [1.29, 1.82) is 0 Å². The molecule has 1 heterocycles. The van der Waals surface area contributed by atoms with E-state index >= 15 is 0 Å². The number of nitrogens with two attached hydrogens (primary N) is 1. The second kappa shape index (κ2) is 5.64. The van der Waals surface area contributed by atoms with E-state index in [1.165, 1.54) is 0 Å². The maximum absolute atomic E-state index is 5.72. The normalized spacial score (nSPS) is 10.3. The van der Waals surface area contributed by atoms with Crippen LogP contribution >= 0.6 is 12.2 Å². The number of benzene rings is 1. The van der Waals surface area contributed by atoms with Crippen LogP contribution in [0.5, 0.6) is 5.75 Å². The van der Waals surface area contributed by atoms with Gasteiger partial charge in [-0.25, -0.2) is 0 Å². The highest BCUT2D eigenvalue weighted by Gasteiger charge is 2.03. The van der Waals surface area contributed by atoms with Crippen LogP contribution in [0, 0.1) is 6.92 Å². The van der Waals surface area contributed by atoms with Gasteiger partial charge >= 0.3 is 0 Å². The smallest absolute Gasteiger partial charge is 0.123 e. The predicted octanol–water partition coefficient (Wildman–Crippen LogP) is 1.90. The van der Waals surface area contributed by atoms with Crippen molar-refractivity contribution in [3.8, 4) is 5.75 Å². The average molecular weight is 261 g/mol. The third kappa shape index (κ3) is 3.07. The molecule has 0 amide bonds. The van der Waals surface area contributed by atoms with E-state index in [2.05, 4.69) is 5.10 Å². The van der Waals surface area contributed by atoms with Crippen LogP contribution in [0.1, 0.15) is 11.1 Å². The first-order valence-electron chi connectivity index (χ1n) is 5.67. The molecule has 2 rings (SSSR count). The molecule has 0 aliphatic rings. The lowest BCUT2D eigenvalue weighted by Crippen LogP contribution is -2.11. The van der Waals surface area contributed by atoms with Crippen molar-refractivity contribution in [3.63, 3.8) is 0 Å². The van der Waals surface area contributed by atoms with Gasteiger partial charge in [0.2, 0.25) is 0 Å². The number of aryl methyl sites for hydroxylation is 1. The second-order valence-corrected chi connectivity index (χ2v) is 4.40. The van der Waals surface area contributed by atoms with Crippen LogP contribution in [0.15, 0.2) is 36.7 Å². The van der Waals surface area contributed by atoms with E-state index in [0.717, 1.165) is 16.9 Å². The fraction of sp³-hybridized carbons (Fsp3) is 0.231. The molecule has 2 aromatic rings. The van der Waals surface area contributed by atoms with Gasteiger partial charge in [-0.1, -0.05) is 24.4 Å². The van der Waals surface area contributed by atoms with E-state index in [1.54, 1.807) is 6.20 Å². The van der Waals surface area contributed by atoms with E-state index in [1.807, 2.05) is 42.1 Å². The molecule has 4 nitrogen and oxygen atoms in total. The molecule has 0 unspecified atom stereocenters. The van der Waals surface area contributed by atoms with Crippen molar-refractivity contribution < 1.29 is 4.74 Å². The summed E-state index contributed by atoms with van der Waals surface area (Å²) in [6, 6.07) is 7.62. The van der Waals surface area contributed by atoms with E-state index in [9.17, 15) is 0 Å². The lowest BCUT2D eigenvalue weighted by atomic mass is 10.1. The zero-order valence-corrected chi connectivity index (χ0v) is 11.0. The van der Waals surface area contributed by atoms with Gasteiger partial charge in [0, 0.05) is 18.0 Å². The van der Waals surface area contributed by atoms with Crippen molar-refractivity contribution in [2.24, 2.45) is 5.73 Å². The summed E-state index contributed by atoms with van der Waals surface area (Å²) < 4.78 is 7.55. The molecular formula is C13H15N3OS. The van der Waals surface area contributed by atoms with Crippen LogP contribution in [0.4, 0.5) is 0 Å². The first-order chi connectivity index (χ1) is 8.66. The monoisotopic (exact) mass is 261 g/mol. The van der Waals surface area contributed by atoms with E-state index < -0.39 is 0 Å². The second-order valence-electron chi connectivity index (χ2n) is 3.96. The van der Waals surface area contributed by atoms with Crippen LogP contribution in [0.3, 0.4) is 0 Å². The van der Waals surface area contributed by atoms with Crippen LogP contribution in [-0.2, 0) is 6.54 Å². The first-order valence-corrected chi connectivity index (χ1v) is 6.08. The summed E-state index contributed by atoms with van der Waals surface area (Å²) >= 11 is 4.95. The van der Waals surface area contributed by atoms with Crippen LogP contribution in [-0.4, -0.2) is 21.4 Å². The van der Waals surface area contributed by atoms with Crippen LogP contribution in [0.25, 0.3) is 0 Å². The van der Waals surface area contributed by atoms with Crippen molar-refractivity contribution >= 4 is 17.2 Å². The Morgan fingerprint density at radius 1 is 1.50 bits per heavy atom. The highest BCUT2D eigenvalue weighted by Crippen LogP contribution is 2.19. The van der Waals surface area contributed by atoms with E-state index in [-0.39, 0.29) is 0 Å². The molecule has 0 spiro atoms. The molecule has 0 bridgehead atoms. The van der Waals surface area contributed by atoms with Crippen molar-refractivity contribution in [1.82, 2.24) is 9.78 Å². The highest BCUT2D eigenvalue weighted by atomic mass is 32.1. The Morgan fingerprint density at radius 2 is 2.33 bits per heavy atom. The minimum absolute atomic E-state index is 0.381. The molecule has 94 valence electrons. The summed E-state index contributed by atoms with van der Waals surface area (Å²) in [7, 11) is 0. The van der Waals surface area contributed by atoms with Gasteiger partial charge in [0.15, 0.2) is 0 Å². The highest BCUT2D eigenvalue weighted by molar-refractivity contribution is 7.80. The van der Waals surface area contributed by atoms with Crippen LogP contribution in [0.2, 0.25) is 0 Å². The number of aromatic nitrogens is 2. The maximum atomic E-state index is 5.72. The van der Waals surface area contributed by atoms with E-state index in [0.29, 0.717) is 18.1 Å². The number of ether oxygens (including phenoxy) is 1. The van der Waals surface area contributed by atoms with Crippen LogP contribution < -0.4 is 10.5 Å². The van der Waals surface area contributed by atoms with Gasteiger partial charge < -0.3 is 10.5 Å². The summed E-state index contributed by atoms with van der Waals surface area (Å²) in [6.45, 7) is 3.26. The minimum Gasteiger partial charge on any atom is -0.491 e. The molecule has 1 aromatic heterocycles. The molecule has 0 atom stereocenters. The third-order valence-electron chi connectivity index (χ3n) is 2.61. The topological polar surface area (TPSA) is 53.1 Å². The Balaban J connectivity index is 2.00. The Hall–Kier alpha value is -1.88. The fourth-order valence-electron chi connectivity index (χ4n) is 1.59. The standard InChI is InChI=1S/C13H15N3OS/c1-10-3-4-11(13(14)18)9-12(10)17-8-7-16-6-2-5-15-16/h2-6,9H,7-8H2,1H3,(H2,14,18). The van der Waals surface area contributed by atoms with E-state index in [4.69, 9.17) is 22.7 Å². The quantitative estimate of drug-likeness (QED) is 0.835. The Labute approximate surface area is 111 Å². The molecule has 0 aliphatic carbocycles. The summed E-state index contributed by atoms with van der Waals surface area (Å²) in [6.07, 6.45) is 3.65. The minimum atomic E-state index is 0.381. The molecule has 0 radical (unpaired) electrons. The van der Waals surface area contributed by atoms with Gasteiger partial charge in [0.1, 0.15) is 17.3 Å². The van der Waals surface area contributed by atoms with Gasteiger partial charge in [0.05, 0.1) is 6.54 Å². The number of rotatable bonds is 5. The molecule has 0 aliphatic heterocycles. The predicted molar refractivity (Wildman–Crippen MR) is 74.8 cm³/mol. The molecular weight excluding hydrogens is 246 g/mol. The average Bonchev–Trinajstić information content (AvgIpc) is 2.84. The number of thiocarbonyl (C=S) groups is 1. The SMILES string of the molecule is Cc1ccc(C(N)=S)cc1OCCn1cccn1. The number of hydrogen-bond donors (Lipinski definition) is 1. The van der Waals surface area contributed by atoms with Gasteiger partial charge in [-0.3, -0.25) is 4.68 Å². The molecule has 0 fully saturated rings. The van der Waals surface area contributed by atoms with Gasteiger partial charge in [0.25, 0.3) is 0 Å². The third-order valence-corrected chi connectivity index (χ3v) is 2.85. The van der Waals surface area contributed by atoms with Gasteiger partial charge in [-0.2, -0.15) is 5.10 Å². The lowest BCUT2D eigenvalue weighted by molar-refractivity contribution is 0.289. The zero-order valence-electron chi connectivity index (χ0n) is 10.2. The Kier molecular flexibility index (Phi) is 3.94. The van der Waals surface area contributed by atoms with Gasteiger partial charge in [-0.05, 0) is 24.6 Å². The summed E-state index contributed by atoms with van der Waals surface area (Å²) in [5.41, 5.74) is 7.49. The van der Waals surface area contributed by atoms with Crippen molar-refractivity contribution in [2.75, 3.05) is 6.61 Å². The molecule has 0 saturated heterocycles. The molecule has 1 aromatic carbocycles. The Morgan fingerprint density at radius 3 is 3.00 bits per heavy atom. The number of hydrogen-bond acceptors (Lipinski definition) is 3. The summed E-state index contributed by atoms with van der Waals surface area (Å²) in [5.74, 6) is 0.812. The maximum Gasteiger partial charge on any atom is 0.123 e. The Bertz CT molecular complexity index is 537. The zero-order chi connectivity index (χ0) is 13.0. The summed E-state index contributed by atoms with van der Waals surface area (Å²) in [5, 5.41) is 4.11. The molecule has 5 heteroatoms. The van der Waals surface area contributed by atoms with Crippen molar-refractivity contribution in [2.45, 2.75) is 13.5 Å². The molecule has 18 heavy (non-hydrogen) atoms. The largest absolute Gasteiger partial charge is 0.491 e. The molecule has 0 saturated carbocycles. The first kappa shape index (κ1) is 12.6. The fourth-order valence-corrected chi connectivity index (χ4v) is 1.72. The molecule has 2 N–H and O–H groups in total.